The van der Waals surface area contributed by atoms with Crippen molar-refractivity contribution in [3.8, 4) is 17.2 Å². The maximum absolute atomic E-state index is 12.9. The molecule has 0 fully saturated rings. The molecular formula is C25H22ClN3O5. The lowest BCUT2D eigenvalue weighted by Crippen LogP contribution is -2.32. The summed E-state index contributed by atoms with van der Waals surface area (Å²) in [6, 6.07) is 17.8. The summed E-state index contributed by atoms with van der Waals surface area (Å²) in [5, 5.41) is 16.5. The molecule has 3 aromatic rings. The standard InChI is InChI=1S/C25H22ClN3O5/c1-33-20-9-11-23(34-2)17(13-20)14-22(28-24(31)16-6-4-3-5-7-16)25(32)29-27-15-18-12-19(30)8-10-21(18)26/h3-15,30H,1-2H3,(H,28,31)(H,29,32)/b22-14-,27-15-. The Morgan fingerprint density at radius 2 is 1.74 bits per heavy atom. The molecule has 0 aliphatic carbocycles. The average molecular weight is 480 g/mol. The Morgan fingerprint density at radius 1 is 0.971 bits per heavy atom. The van der Waals surface area contributed by atoms with Gasteiger partial charge in [0.05, 0.1) is 20.4 Å². The molecule has 0 aliphatic heterocycles. The first kappa shape index (κ1) is 24.3. The fourth-order valence-corrected chi connectivity index (χ4v) is 3.07. The monoisotopic (exact) mass is 479 g/mol. The number of hydrogen-bond donors (Lipinski definition) is 3. The van der Waals surface area contributed by atoms with Gasteiger partial charge < -0.3 is 19.9 Å². The van der Waals surface area contributed by atoms with Crippen LogP contribution in [0.2, 0.25) is 5.02 Å². The maximum Gasteiger partial charge on any atom is 0.287 e. The van der Waals surface area contributed by atoms with E-state index in [9.17, 15) is 14.7 Å². The fourth-order valence-electron chi connectivity index (χ4n) is 2.90. The zero-order valence-electron chi connectivity index (χ0n) is 18.4. The van der Waals surface area contributed by atoms with E-state index in [1.54, 1.807) is 48.5 Å². The van der Waals surface area contributed by atoms with Crippen molar-refractivity contribution >= 4 is 35.7 Å². The zero-order chi connectivity index (χ0) is 24.5. The van der Waals surface area contributed by atoms with Crippen LogP contribution >= 0.6 is 11.6 Å². The third kappa shape index (κ3) is 6.36. The highest BCUT2D eigenvalue weighted by Crippen LogP contribution is 2.26. The number of hydrazone groups is 1. The number of amides is 2. The number of halogens is 1. The molecule has 0 saturated carbocycles. The molecule has 0 bridgehead atoms. The summed E-state index contributed by atoms with van der Waals surface area (Å²) in [6.07, 6.45) is 2.73. The van der Waals surface area contributed by atoms with E-state index in [0.29, 0.717) is 33.2 Å². The Kier molecular flexibility index (Phi) is 8.26. The minimum absolute atomic E-state index is 0.00185. The van der Waals surface area contributed by atoms with Gasteiger partial charge in [-0.15, -0.1) is 0 Å². The second-order valence-corrected chi connectivity index (χ2v) is 7.30. The van der Waals surface area contributed by atoms with Crippen molar-refractivity contribution in [3.63, 3.8) is 0 Å². The van der Waals surface area contributed by atoms with Gasteiger partial charge in [-0.05, 0) is 54.6 Å². The predicted octanol–water partition coefficient (Wildman–Crippen LogP) is 3.98. The first-order valence-corrected chi connectivity index (χ1v) is 10.4. The van der Waals surface area contributed by atoms with Crippen LogP contribution in [0.15, 0.2) is 77.5 Å². The van der Waals surface area contributed by atoms with Crippen LogP contribution in [0.5, 0.6) is 17.2 Å². The number of carbonyl (C=O) groups excluding carboxylic acids is 2. The smallest absolute Gasteiger partial charge is 0.287 e. The highest BCUT2D eigenvalue weighted by molar-refractivity contribution is 6.33. The third-order valence-electron chi connectivity index (χ3n) is 4.61. The molecule has 34 heavy (non-hydrogen) atoms. The third-order valence-corrected chi connectivity index (χ3v) is 4.96. The van der Waals surface area contributed by atoms with Crippen molar-refractivity contribution in [2.45, 2.75) is 0 Å². The quantitative estimate of drug-likeness (QED) is 0.257. The molecular weight excluding hydrogens is 458 g/mol. The lowest BCUT2D eigenvalue weighted by molar-refractivity contribution is -0.117. The first-order chi connectivity index (χ1) is 16.4. The maximum atomic E-state index is 12.9. The van der Waals surface area contributed by atoms with Crippen LogP contribution in [0.3, 0.4) is 0 Å². The lowest BCUT2D eigenvalue weighted by Gasteiger charge is -2.12. The van der Waals surface area contributed by atoms with Crippen molar-refractivity contribution < 1.29 is 24.2 Å². The Balaban J connectivity index is 1.91. The summed E-state index contributed by atoms with van der Waals surface area (Å²) in [7, 11) is 3.01. The molecule has 174 valence electrons. The summed E-state index contributed by atoms with van der Waals surface area (Å²) in [5.41, 5.74) is 3.54. The van der Waals surface area contributed by atoms with Crippen molar-refractivity contribution in [1.82, 2.24) is 10.7 Å². The molecule has 0 spiro atoms. The number of phenolic OH excluding ortho intramolecular Hbond substituents is 1. The summed E-state index contributed by atoms with van der Waals surface area (Å²) < 4.78 is 10.6. The van der Waals surface area contributed by atoms with Crippen molar-refractivity contribution in [2.75, 3.05) is 14.2 Å². The molecule has 0 aliphatic rings. The number of benzene rings is 3. The highest BCUT2D eigenvalue weighted by atomic mass is 35.5. The number of methoxy groups -OCH3 is 2. The van der Waals surface area contributed by atoms with Crippen LogP contribution in [0.25, 0.3) is 6.08 Å². The highest BCUT2D eigenvalue weighted by Gasteiger charge is 2.16. The van der Waals surface area contributed by atoms with Crippen molar-refractivity contribution in [1.29, 1.82) is 0 Å². The number of aromatic hydroxyl groups is 1. The molecule has 9 heteroatoms. The van der Waals surface area contributed by atoms with Gasteiger partial charge in [-0.1, -0.05) is 29.8 Å². The van der Waals surface area contributed by atoms with Gasteiger partial charge in [0.2, 0.25) is 0 Å². The number of nitrogens with one attached hydrogen (secondary N) is 2. The number of ether oxygens (including phenoxy) is 2. The number of phenols is 1. The van der Waals surface area contributed by atoms with E-state index >= 15 is 0 Å². The van der Waals surface area contributed by atoms with Gasteiger partial charge in [0.15, 0.2) is 0 Å². The first-order valence-electron chi connectivity index (χ1n) is 10.0. The summed E-state index contributed by atoms with van der Waals surface area (Å²) in [5.74, 6) is -0.170. The lowest BCUT2D eigenvalue weighted by atomic mass is 10.1. The molecule has 3 aromatic carbocycles. The molecule has 0 saturated heterocycles. The van der Waals surface area contributed by atoms with Gasteiger partial charge >= 0.3 is 0 Å². The molecule has 3 rings (SSSR count). The normalized spacial score (nSPS) is 11.2. The molecule has 8 nitrogen and oxygen atoms in total. The largest absolute Gasteiger partial charge is 0.508 e. The molecule has 0 heterocycles. The molecule has 3 N–H and O–H groups in total. The van der Waals surface area contributed by atoms with E-state index in [2.05, 4.69) is 15.8 Å². The van der Waals surface area contributed by atoms with E-state index in [0.717, 1.165) is 0 Å². The van der Waals surface area contributed by atoms with Crippen LogP contribution in [-0.2, 0) is 4.79 Å². The Bertz CT molecular complexity index is 1240. The van der Waals surface area contributed by atoms with E-state index in [-0.39, 0.29) is 11.4 Å². The van der Waals surface area contributed by atoms with Gasteiger partial charge in [0, 0.05) is 21.7 Å². The zero-order valence-corrected chi connectivity index (χ0v) is 19.2. The minimum atomic E-state index is -0.693. The van der Waals surface area contributed by atoms with Crippen LogP contribution in [0.1, 0.15) is 21.5 Å². The van der Waals surface area contributed by atoms with Crippen molar-refractivity contribution in [2.24, 2.45) is 5.10 Å². The number of nitrogens with zero attached hydrogens (tertiary/aromatic N) is 1. The number of carbonyl (C=O) groups is 2. The van der Waals surface area contributed by atoms with Crippen LogP contribution in [0.4, 0.5) is 0 Å². The average Bonchev–Trinajstić information content (AvgIpc) is 2.86. The summed E-state index contributed by atoms with van der Waals surface area (Å²) in [6.45, 7) is 0. The Morgan fingerprint density at radius 3 is 2.44 bits per heavy atom. The minimum Gasteiger partial charge on any atom is -0.508 e. The van der Waals surface area contributed by atoms with Crippen LogP contribution < -0.4 is 20.2 Å². The van der Waals surface area contributed by atoms with Gasteiger partial charge in [-0.25, -0.2) is 5.43 Å². The molecule has 0 unspecified atom stereocenters. The second kappa shape index (κ2) is 11.5. The number of hydrogen-bond acceptors (Lipinski definition) is 6. The van der Waals surface area contributed by atoms with Crippen LogP contribution in [0, 0.1) is 0 Å². The van der Waals surface area contributed by atoms with E-state index in [1.165, 1.54) is 44.7 Å². The SMILES string of the molecule is COc1ccc(OC)c(/C=C(\NC(=O)c2ccccc2)C(=O)N/N=C\c2cc(O)ccc2Cl)c1. The van der Waals surface area contributed by atoms with Gasteiger partial charge in [0.1, 0.15) is 22.9 Å². The molecule has 2 amide bonds. The van der Waals surface area contributed by atoms with Gasteiger partial charge in [-0.2, -0.15) is 5.10 Å². The topological polar surface area (TPSA) is 109 Å². The van der Waals surface area contributed by atoms with E-state index in [1.807, 2.05) is 0 Å². The summed E-state index contributed by atoms with van der Waals surface area (Å²) in [4.78, 5) is 25.7. The Hall–Kier alpha value is -4.30. The number of rotatable bonds is 8. The van der Waals surface area contributed by atoms with Crippen molar-refractivity contribution in [3.05, 3.63) is 94.1 Å². The van der Waals surface area contributed by atoms with E-state index in [4.69, 9.17) is 21.1 Å². The molecule has 0 radical (unpaired) electrons. The predicted molar refractivity (Wildman–Crippen MR) is 130 cm³/mol. The second-order valence-electron chi connectivity index (χ2n) is 6.89. The fraction of sp³-hybridized carbons (Fsp3) is 0.0800. The van der Waals surface area contributed by atoms with E-state index < -0.39 is 11.8 Å². The molecule has 0 atom stereocenters. The Labute approximate surface area is 201 Å². The van der Waals surface area contributed by atoms with Gasteiger partial charge in [0.25, 0.3) is 11.8 Å². The van der Waals surface area contributed by atoms with Gasteiger partial charge in [-0.3, -0.25) is 9.59 Å². The van der Waals surface area contributed by atoms with Crippen LogP contribution in [-0.4, -0.2) is 37.4 Å². The summed E-state index contributed by atoms with van der Waals surface area (Å²) >= 11 is 6.07. The molecule has 0 aromatic heterocycles.